The first-order valence-electron chi connectivity index (χ1n) is 9.17. The van der Waals surface area contributed by atoms with Gasteiger partial charge in [-0.1, -0.05) is 12.1 Å². The van der Waals surface area contributed by atoms with E-state index in [4.69, 9.17) is 9.47 Å². The summed E-state index contributed by atoms with van der Waals surface area (Å²) >= 11 is 0. The van der Waals surface area contributed by atoms with Crippen molar-refractivity contribution in [3.05, 3.63) is 35.4 Å². The first kappa shape index (κ1) is 21.5. The van der Waals surface area contributed by atoms with Gasteiger partial charge in [-0.15, -0.1) is 0 Å². The first-order valence-corrected chi connectivity index (χ1v) is 9.17. The summed E-state index contributed by atoms with van der Waals surface area (Å²) < 4.78 is 50.1. The summed E-state index contributed by atoms with van der Waals surface area (Å²) in [5, 5.41) is 3.28. The molecule has 0 spiro atoms. The lowest BCUT2D eigenvalue weighted by atomic mass is 10.0. The topological polar surface area (TPSA) is 46.1 Å². The quantitative estimate of drug-likeness (QED) is 0.461. The molecule has 1 aromatic carbocycles. The van der Waals surface area contributed by atoms with Crippen molar-refractivity contribution in [3.8, 4) is 0 Å². The van der Waals surface area contributed by atoms with Gasteiger partial charge in [0.15, 0.2) is 5.96 Å². The van der Waals surface area contributed by atoms with E-state index in [0.717, 1.165) is 24.5 Å². The van der Waals surface area contributed by atoms with Crippen LogP contribution in [0.25, 0.3) is 0 Å². The van der Waals surface area contributed by atoms with Gasteiger partial charge in [-0.3, -0.25) is 4.99 Å². The highest BCUT2D eigenvalue weighted by Crippen LogP contribution is 2.32. The van der Waals surface area contributed by atoms with Gasteiger partial charge in [0.25, 0.3) is 0 Å². The fraction of sp³-hybridized carbons (Fsp3) is 0.632. The number of ether oxygens (including phenoxy) is 2. The number of guanidine groups is 1. The molecule has 5 nitrogen and oxygen atoms in total. The largest absolute Gasteiger partial charge is 0.416 e. The maximum atomic E-state index is 13.0. The molecule has 0 bridgehead atoms. The number of halogens is 3. The Bertz CT molecular complexity index is 620. The van der Waals surface area contributed by atoms with Gasteiger partial charge in [-0.25, -0.2) is 0 Å². The zero-order chi connectivity index (χ0) is 19.9. The van der Waals surface area contributed by atoms with Gasteiger partial charge in [0.1, 0.15) is 6.10 Å². The number of alkyl halides is 3. The van der Waals surface area contributed by atoms with Crippen LogP contribution < -0.4 is 5.32 Å². The summed E-state index contributed by atoms with van der Waals surface area (Å²) in [6.07, 6.45) is -3.74. The third-order valence-corrected chi connectivity index (χ3v) is 4.22. The molecular formula is C19H28F3N3O2. The summed E-state index contributed by atoms with van der Waals surface area (Å²) in [6, 6.07) is 5.32. The minimum absolute atomic E-state index is 0.205. The maximum Gasteiger partial charge on any atom is 0.416 e. The molecular weight excluding hydrogens is 359 g/mol. The fourth-order valence-corrected chi connectivity index (χ4v) is 2.88. The van der Waals surface area contributed by atoms with Crippen LogP contribution in [0.4, 0.5) is 13.2 Å². The molecule has 0 amide bonds. The van der Waals surface area contributed by atoms with E-state index in [9.17, 15) is 13.2 Å². The molecule has 2 rings (SSSR count). The van der Waals surface area contributed by atoms with Crippen LogP contribution in [-0.4, -0.2) is 56.9 Å². The van der Waals surface area contributed by atoms with Crippen molar-refractivity contribution in [2.75, 3.05) is 39.9 Å². The first-order chi connectivity index (χ1) is 12.8. The van der Waals surface area contributed by atoms with E-state index in [2.05, 4.69) is 10.3 Å². The minimum atomic E-state index is -4.36. The third-order valence-electron chi connectivity index (χ3n) is 4.22. The van der Waals surface area contributed by atoms with E-state index in [1.165, 1.54) is 6.07 Å². The number of morpholine rings is 1. The maximum absolute atomic E-state index is 13.0. The smallest absolute Gasteiger partial charge is 0.379 e. The number of nitrogens with one attached hydrogen (secondary N) is 1. The van der Waals surface area contributed by atoms with E-state index < -0.39 is 17.8 Å². The van der Waals surface area contributed by atoms with Crippen LogP contribution in [0.3, 0.4) is 0 Å². The van der Waals surface area contributed by atoms with Crippen LogP contribution >= 0.6 is 0 Å². The number of rotatable bonds is 6. The zero-order valence-electron chi connectivity index (χ0n) is 16.1. The number of aliphatic imine (C=N–C) groups is 1. The normalized spacial score (nSPS) is 18.9. The van der Waals surface area contributed by atoms with Crippen molar-refractivity contribution in [1.29, 1.82) is 0 Å². The van der Waals surface area contributed by atoms with E-state index >= 15 is 0 Å². The van der Waals surface area contributed by atoms with E-state index in [-0.39, 0.29) is 6.10 Å². The highest BCUT2D eigenvalue weighted by Gasteiger charge is 2.32. The highest BCUT2D eigenvalue weighted by molar-refractivity contribution is 5.80. The van der Waals surface area contributed by atoms with Gasteiger partial charge in [0.05, 0.1) is 24.8 Å². The molecule has 0 aromatic heterocycles. The molecule has 1 atom stereocenters. The SMILES string of the molecule is CN=C(NCCCOC(C)C)N1CCOC(c2cccc(C(F)(F)F)c2)C1. The Kier molecular flexibility index (Phi) is 7.91. The Morgan fingerprint density at radius 2 is 2.19 bits per heavy atom. The van der Waals surface area contributed by atoms with Crippen LogP contribution in [0.2, 0.25) is 0 Å². The molecule has 0 aliphatic carbocycles. The average molecular weight is 387 g/mol. The molecule has 8 heteroatoms. The number of hydrogen-bond donors (Lipinski definition) is 1. The predicted molar refractivity (Wildman–Crippen MR) is 98.8 cm³/mol. The lowest BCUT2D eigenvalue weighted by molar-refractivity contribution is -0.137. The fourth-order valence-electron chi connectivity index (χ4n) is 2.88. The lowest BCUT2D eigenvalue weighted by Crippen LogP contribution is -2.48. The van der Waals surface area contributed by atoms with Crippen molar-refractivity contribution in [3.63, 3.8) is 0 Å². The molecule has 0 radical (unpaired) electrons. The van der Waals surface area contributed by atoms with Gasteiger partial charge < -0.3 is 19.7 Å². The van der Waals surface area contributed by atoms with E-state index in [1.54, 1.807) is 13.1 Å². The summed E-state index contributed by atoms with van der Waals surface area (Å²) in [4.78, 5) is 6.30. The lowest BCUT2D eigenvalue weighted by Gasteiger charge is -2.35. The summed E-state index contributed by atoms with van der Waals surface area (Å²) in [5.41, 5.74) is -0.135. The predicted octanol–water partition coefficient (Wildman–Crippen LogP) is 3.47. The molecule has 27 heavy (non-hydrogen) atoms. The highest BCUT2D eigenvalue weighted by atomic mass is 19.4. The molecule has 0 saturated carbocycles. The number of hydrogen-bond acceptors (Lipinski definition) is 3. The molecule has 1 unspecified atom stereocenters. The Morgan fingerprint density at radius 1 is 1.41 bits per heavy atom. The van der Waals surface area contributed by atoms with Crippen molar-refractivity contribution in [1.82, 2.24) is 10.2 Å². The molecule has 1 fully saturated rings. The van der Waals surface area contributed by atoms with Crippen LogP contribution in [0, 0.1) is 0 Å². The molecule has 1 aliphatic heterocycles. The molecule has 1 saturated heterocycles. The van der Waals surface area contributed by atoms with Crippen LogP contribution in [0.1, 0.15) is 37.5 Å². The van der Waals surface area contributed by atoms with Crippen molar-refractivity contribution < 1.29 is 22.6 Å². The monoisotopic (exact) mass is 387 g/mol. The third kappa shape index (κ3) is 6.70. The molecule has 1 N–H and O–H groups in total. The molecule has 1 aliphatic rings. The van der Waals surface area contributed by atoms with Gasteiger partial charge in [0.2, 0.25) is 0 Å². The zero-order valence-corrected chi connectivity index (χ0v) is 16.1. The second-order valence-electron chi connectivity index (χ2n) is 6.68. The minimum Gasteiger partial charge on any atom is -0.379 e. The summed E-state index contributed by atoms with van der Waals surface area (Å²) in [5.74, 6) is 0.722. The van der Waals surface area contributed by atoms with Gasteiger partial charge in [-0.2, -0.15) is 13.2 Å². The second-order valence-corrected chi connectivity index (χ2v) is 6.68. The second kappa shape index (κ2) is 9.94. The Morgan fingerprint density at radius 3 is 2.85 bits per heavy atom. The van der Waals surface area contributed by atoms with Crippen molar-refractivity contribution in [2.45, 2.75) is 38.7 Å². The molecule has 1 aromatic rings. The standard InChI is InChI=1S/C19H28F3N3O2/c1-14(2)26-10-5-8-24-18(23-3)25-9-11-27-17(13-25)15-6-4-7-16(12-15)19(20,21)22/h4,6-7,12,14,17H,5,8-11,13H2,1-3H3,(H,23,24). The average Bonchev–Trinajstić information content (AvgIpc) is 2.64. The molecule has 152 valence electrons. The number of nitrogens with zero attached hydrogens (tertiary/aromatic N) is 2. The Balaban J connectivity index is 1.94. The van der Waals surface area contributed by atoms with E-state index in [1.807, 2.05) is 18.7 Å². The Hall–Kier alpha value is -1.80. The summed E-state index contributed by atoms with van der Waals surface area (Å²) in [6.45, 7) is 6.88. The van der Waals surface area contributed by atoms with Gasteiger partial charge in [0, 0.05) is 26.7 Å². The van der Waals surface area contributed by atoms with Gasteiger partial charge >= 0.3 is 6.18 Å². The number of benzene rings is 1. The van der Waals surface area contributed by atoms with Crippen molar-refractivity contribution >= 4 is 5.96 Å². The van der Waals surface area contributed by atoms with Crippen LogP contribution in [0.5, 0.6) is 0 Å². The molecule has 1 heterocycles. The summed E-state index contributed by atoms with van der Waals surface area (Å²) in [7, 11) is 1.70. The Labute approximate surface area is 158 Å². The van der Waals surface area contributed by atoms with Gasteiger partial charge in [-0.05, 0) is 38.0 Å². The van der Waals surface area contributed by atoms with Crippen LogP contribution in [0.15, 0.2) is 29.3 Å². The van der Waals surface area contributed by atoms with Crippen molar-refractivity contribution in [2.24, 2.45) is 4.99 Å². The van der Waals surface area contributed by atoms with Crippen LogP contribution in [-0.2, 0) is 15.7 Å². The van der Waals surface area contributed by atoms with E-state index in [0.29, 0.717) is 38.4 Å².